The summed E-state index contributed by atoms with van der Waals surface area (Å²) in [5.41, 5.74) is 2.67. The number of halogens is 1. The van der Waals surface area contributed by atoms with Gasteiger partial charge in [-0.15, -0.1) is 0 Å². The van der Waals surface area contributed by atoms with Gasteiger partial charge in [0.15, 0.2) is 12.7 Å². The highest BCUT2D eigenvalue weighted by atomic mass is 79.9. The number of hydrogen-bond acceptors (Lipinski definition) is 4. The lowest BCUT2D eigenvalue weighted by molar-refractivity contribution is -0.148. The van der Waals surface area contributed by atoms with Gasteiger partial charge in [-0.2, -0.15) is 0 Å². The summed E-state index contributed by atoms with van der Waals surface area (Å²) in [5, 5.41) is 0. The summed E-state index contributed by atoms with van der Waals surface area (Å²) in [6.45, 7) is 5.23. The van der Waals surface area contributed by atoms with Gasteiger partial charge in [0.25, 0.3) is 0 Å². The van der Waals surface area contributed by atoms with Crippen LogP contribution in [-0.2, 0) is 9.53 Å². The van der Waals surface area contributed by atoms with Gasteiger partial charge in [-0.1, -0.05) is 34.1 Å². The lowest BCUT2D eigenvalue weighted by atomic mass is 10.0. The van der Waals surface area contributed by atoms with E-state index in [-0.39, 0.29) is 12.4 Å². The minimum absolute atomic E-state index is 0.228. The minimum Gasteiger partial charge on any atom is -0.482 e. The van der Waals surface area contributed by atoms with E-state index in [2.05, 4.69) is 15.9 Å². The molecule has 2 aromatic rings. The Labute approximate surface area is 149 Å². The summed E-state index contributed by atoms with van der Waals surface area (Å²) in [7, 11) is 0. The monoisotopic (exact) mass is 390 g/mol. The van der Waals surface area contributed by atoms with E-state index >= 15 is 0 Å². The highest BCUT2D eigenvalue weighted by Gasteiger charge is 2.20. The molecule has 24 heavy (non-hydrogen) atoms. The summed E-state index contributed by atoms with van der Waals surface area (Å²) >= 11 is 3.32. The third-order valence-corrected chi connectivity index (χ3v) is 4.11. The Morgan fingerprint density at radius 3 is 2.50 bits per heavy atom. The average molecular weight is 391 g/mol. The fourth-order valence-corrected chi connectivity index (χ4v) is 2.49. The van der Waals surface area contributed by atoms with Crippen LogP contribution >= 0.6 is 15.9 Å². The van der Waals surface area contributed by atoms with Gasteiger partial charge >= 0.3 is 5.97 Å². The smallest absolute Gasteiger partial charge is 0.344 e. The molecule has 0 aliphatic rings. The number of ketones is 1. The number of Topliss-reactive ketones (excluding diaryl/α,β-unsaturated/α-hetero) is 1. The van der Waals surface area contributed by atoms with E-state index in [0.29, 0.717) is 11.3 Å². The predicted octanol–water partition coefficient (Wildman–Crippen LogP) is 4.26. The molecular weight excluding hydrogens is 372 g/mol. The second kappa shape index (κ2) is 8.11. The average Bonchev–Trinajstić information content (AvgIpc) is 2.55. The fraction of sp³-hybridized carbons (Fsp3) is 0.263. The van der Waals surface area contributed by atoms with Crippen molar-refractivity contribution in [1.82, 2.24) is 0 Å². The zero-order valence-corrected chi connectivity index (χ0v) is 15.4. The number of carbonyl (C=O) groups is 2. The summed E-state index contributed by atoms with van der Waals surface area (Å²) in [4.78, 5) is 24.2. The molecule has 2 aromatic carbocycles. The highest BCUT2D eigenvalue weighted by Crippen LogP contribution is 2.18. The molecule has 0 N–H and O–H groups in total. The molecular formula is C19H19BrO4. The molecule has 0 aliphatic carbocycles. The van der Waals surface area contributed by atoms with Crippen LogP contribution in [0.1, 0.15) is 28.4 Å². The van der Waals surface area contributed by atoms with Crippen LogP contribution in [0, 0.1) is 13.8 Å². The van der Waals surface area contributed by atoms with Gasteiger partial charge in [-0.25, -0.2) is 4.79 Å². The van der Waals surface area contributed by atoms with Gasteiger partial charge in [0, 0.05) is 10.0 Å². The molecule has 0 saturated heterocycles. The Balaban J connectivity index is 1.90. The van der Waals surface area contributed by atoms with Gasteiger partial charge in [0.1, 0.15) is 5.75 Å². The second-order valence-corrected chi connectivity index (χ2v) is 6.46. The van der Waals surface area contributed by atoms with Gasteiger partial charge in [-0.3, -0.25) is 4.79 Å². The largest absolute Gasteiger partial charge is 0.482 e. The molecule has 0 bridgehead atoms. The van der Waals surface area contributed by atoms with Crippen LogP contribution < -0.4 is 4.74 Å². The lowest BCUT2D eigenvalue weighted by Crippen LogP contribution is -2.27. The third-order valence-electron chi connectivity index (χ3n) is 3.62. The number of benzene rings is 2. The predicted molar refractivity (Wildman–Crippen MR) is 95.4 cm³/mol. The molecule has 126 valence electrons. The van der Waals surface area contributed by atoms with Crippen molar-refractivity contribution in [3.63, 3.8) is 0 Å². The van der Waals surface area contributed by atoms with Crippen LogP contribution in [0.25, 0.3) is 0 Å². The van der Waals surface area contributed by atoms with Crippen LogP contribution in [0.15, 0.2) is 46.9 Å². The molecule has 0 heterocycles. The maximum atomic E-state index is 12.3. The molecule has 0 aliphatic heterocycles. The van der Waals surface area contributed by atoms with E-state index in [9.17, 15) is 9.59 Å². The Bertz CT molecular complexity index is 755. The minimum atomic E-state index is -0.856. The SMILES string of the molecule is Cc1ccc(C(=O)[C@@H](C)OC(=O)COc2cccc(Br)c2)cc1C. The van der Waals surface area contributed by atoms with E-state index in [1.54, 1.807) is 37.3 Å². The normalized spacial score (nSPS) is 11.7. The topological polar surface area (TPSA) is 52.6 Å². The molecule has 2 rings (SSSR count). The number of rotatable bonds is 6. The van der Waals surface area contributed by atoms with Crippen LogP contribution in [0.4, 0.5) is 0 Å². The summed E-state index contributed by atoms with van der Waals surface area (Å²) in [6.07, 6.45) is -0.856. The first-order valence-electron chi connectivity index (χ1n) is 7.56. The molecule has 0 fully saturated rings. The van der Waals surface area contributed by atoms with Crippen LogP contribution in [-0.4, -0.2) is 24.5 Å². The van der Waals surface area contributed by atoms with Gasteiger partial charge in [-0.05, 0) is 56.2 Å². The van der Waals surface area contributed by atoms with Crippen molar-refractivity contribution in [1.29, 1.82) is 0 Å². The Kier molecular flexibility index (Phi) is 6.15. The van der Waals surface area contributed by atoms with Gasteiger partial charge < -0.3 is 9.47 Å². The van der Waals surface area contributed by atoms with Crippen molar-refractivity contribution < 1.29 is 19.1 Å². The molecule has 0 unspecified atom stereocenters. The Hall–Kier alpha value is -2.14. The van der Waals surface area contributed by atoms with Crippen molar-refractivity contribution in [3.05, 3.63) is 63.6 Å². The molecule has 4 nitrogen and oxygen atoms in total. The molecule has 0 amide bonds. The number of hydrogen-bond donors (Lipinski definition) is 0. The summed E-state index contributed by atoms with van der Waals surface area (Å²) < 4.78 is 11.4. The molecule has 0 saturated carbocycles. The quantitative estimate of drug-likeness (QED) is 0.546. The zero-order valence-electron chi connectivity index (χ0n) is 13.8. The van der Waals surface area contributed by atoms with Gasteiger partial charge in [0.2, 0.25) is 5.78 Å². The van der Waals surface area contributed by atoms with Crippen LogP contribution in [0.2, 0.25) is 0 Å². The Morgan fingerprint density at radius 2 is 1.83 bits per heavy atom. The summed E-state index contributed by atoms with van der Waals surface area (Å²) in [5.74, 6) is -0.261. The van der Waals surface area contributed by atoms with Crippen molar-refractivity contribution in [2.75, 3.05) is 6.61 Å². The molecule has 0 aromatic heterocycles. The van der Waals surface area contributed by atoms with Crippen LogP contribution in [0.5, 0.6) is 5.75 Å². The third kappa shape index (κ3) is 4.93. The standard InChI is InChI=1S/C19H19BrO4/c1-12-7-8-15(9-13(12)2)19(22)14(3)24-18(21)11-23-17-6-4-5-16(20)10-17/h4-10,14H,11H2,1-3H3/t14-/m1/s1. The number of ether oxygens (including phenoxy) is 2. The highest BCUT2D eigenvalue weighted by molar-refractivity contribution is 9.10. The Morgan fingerprint density at radius 1 is 1.08 bits per heavy atom. The maximum absolute atomic E-state index is 12.3. The van der Waals surface area contributed by atoms with Crippen molar-refractivity contribution >= 4 is 27.7 Å². The van der Waals surface area contributed by atoms with E-state index in [4.69, 9.17) is 9.47 Å². The number of esters is 1. The first kappa shape index (κ1) is 18.2. The van der Waals surface area contributed by atoms with Crippen LogP contribution in [0.3, 0.4) is 0 Å². The van der Waals surface area contributed by atoms with E-state index < -0.39 is 12.1 Å². The number of carbonyl (C=O) groups excluding carboxylic acids is 2. The first-order valence-corrected chi connectivity index (χ1v) is 8.35. The fourth-order valence-electron chi connectivity index (χ4n) is 2.11. The first-order chi connectivity index (χ1) is 11.4. The van der Waals surface area contributed by atoms with Crippen molar-refractivity contribution in [3.8, 4) is 5.75 Å². The molecule has 5 heteroatoms. The van der Waals surface area contributed by atoms with Crippen molar-refractivity contribution in [2.45, 2.75) is 26.9 Å². The van der Waals surface area contributed by atoms with Crippen molar-refractivity contribution in [2.24, 2.45) is 0 Å². The summed E-state index contributed by atoms with van der Waals surface area (Å²) in [6, 6.07) is 12.6. The lowest BCUT2D eigenvalue weighted by Gasteiger charge is -2.13. The second-order valence-electron chi connectivity index (χ2n) is 5.54. The van der Waals surface area contributed by atoms with E-state index in [1.165, 1.54) is 0 Å². The number of aryl methyl sites for hydroxylation is 2. The zero-order chi connectivity index (χ0) is 17.7. The van der Waals surface area contributed by atoms with E-state index in [0.717, 1.165) is 15.6 Å². The maximum Gasteiger partial charge on any atom is 0.344 e. The van der Waals surface area contributed by atoms with Gasteiger partial charge in [0.05, 0.1) is 0 Å². The molecule has 0 spiro atoms. The van der Waals surface area contributed by atoms with E-state index in [1.807, 2.05) is 26.0 Å². The molecule has 0 radical (unpaired) electrons. The molecule has 1 atom stereocenters.